The zero-order valence-electron chi connectivity index (χ0n) is 12.3. The van der Waals surface area contributed by atoms with E-state index in [-0.39, 0.29) is 30.6 Å². The molecular weight excluding hydrogens is 380 g/mol. The van der Waals surface area contributed by atoms with E-state index in [1.54, 1.807) is 18.2 Å². The third-order valence-corrected chi connectivity index (χ3v) is 3.93. The summed E-state index contributed by atoms with van der Waals surface area (Å²) in [6.07, 6.45) is 1.41. The van der Waals surface area contributed by atoms with Crippen LogP contribution in [-0.4, -0.2) is 29.1 Å². The maximum atomic E-state index is 11.9. The number of amides is 1. The van der Waals surface area contributed by atoms with E-state index in [9.17, 15) is 15.0 Å². The fourth-order valence-corrected chi connectivity index (χ4v) is 2.48. The van der Waals surface area contributed by atoms with Crippen LogP contribution in [0, 0.1) is 0 Å². The van der Waals surface area contributed by atoms with Gasteiger partial charge in [0.15, 0.2) is 11.5 Å². The molecule has 1 aliphatic rings. The van der Waals surface area contributed by atoms with Gasteiger partial charge in [-0.3, -0.25) is 4.79 Å². The van der Waals surface area contributed by atoms with Crippen LogP contribution >= 0.6 is 15.9 Å². The molecule has 0 unspecified atom stereocenters. The molecule has 0 spiro atoms. The number of ether oxygens (including phenoxy) is 2. The summed E-state index contributed by atoms with van der Waals surface area (Å²) in [5, 5.41) is 22.9. The normalized spacial score (nSPS) is 12.5. The molecule has 0 radical (unpaired) electrons. The molecule has 1 aliphatic heterocycles. The molecule has 2 aromatic rings. The number of fused-ring (bicyclic) bond motifs is 1. The van der Waals surface area contributed by atoms with E-state index in [1.807, 2.05) is 0 Å². The van der Waals surface area contributed by atoms with Gasteiger partial charge in [-0.15, -0.1) is 0 Å². The zero-order valence-corrected chi connectivity index (χ0v) is 13.9. The van der Waals surface area contributed by atoms with Crippen LogP contribution in [0.2, 0.25) is 0 Å². The number of aromatic hydroxyl groups is 2. The van der Waals surface area contributed by atoms with Gasteiger partial charge in [-0.2, -0.15) is 5.10 Å². The van der Waals surface area contributed by atoms with Crippen molar-refractivity contribution in [1.29, 1.82) is 0 Å². The molecule has 0 bridgehead atoms. The molecule has 0 atom stereocenters. The van der Waals surface area contributed by atoms with Crippen molar-refractivity contribution in [3.05, 3.63) is 45.9 Å². The molecule has 0 saturated carbocycles. The van der Waals surface area contributed by atoms with E-state index in [1.165, 1.54) is 18.3 Å². The summed E-state index contributed by atoms with van der Waals surface area (Å²) < 4.78 is 10.9. The van der Waals surface area contributed by atoms with Gasteiger partial charge in [-0.1, -0.05) is 6.07 Å². The minimum Gasteiger partial charge on any atom is -0.507 e. The first-order chi connectivity index (χ1) is 11.5. The second-order valence-corrected chi connectivity index (χ2v) is 5.87. The number of hydrogen-bond donors (Lipinski definition) is 3. The number of carbonyl (C=O) groups excluding carboxylic acids is 1. The van der Waals surface area contributed by atoms with Gasteiger partial charge in [-0.05, 0) is 39.7 Å². The minimum atomic E-state index is -0.317. The zero-order chi connectivity index (χ0) is 17.1. The Morgan fingerprint density at radius 1 is 1.21 bits per heavy atom. The Labute approximate surface area is 145 Å². The summed E-state index contributed by atoms with van der Waals surface area (Å²) in [5.74, 6) is 0.719. The van der Waals surface area contributed by atoms with E-state index in [0.717, 1.165) is 5.56 Å². The first-order valence-corrected chi connectivity index (χ1v) is 7.74. The third-order valence-electron chi connectivity index (χ3n) is 3.29. The van der Waals surface area contributed by atoms with Crippen molar-refractivity contribution < 1.29 is 24.5 Å². The molecule has 1 amide bonds. The number of nitrogens with zero attached hydrogens (tertiary/aromatic N) is 1. The van der Waals surface area contributed by atoms with Gasteiger partial charge in [0.05, 0.1) is 17.1 Å². The van der Waals surface area contributed by atoms with Crippen LogP contribution in [-0.2, 0) is 11.2 Å². The Hall–Kier alpha value is -2.74. The van der Waals surface area contributed by atoms with Crippen LogP contribution < -0.4 is 14.9 Å². The lowest BCUT2D eigenvalue weighted by Gasteiger charge is -2.04. The molecule has 24 heavy (non-hydrogen) atoms. The number of rotatable bonds is 4. The van der Waals surface area contributed by atoms with Crippen LogP contribution in [0.25, 0.3) is 0 Å². The average molecular weight is 393 g/mol. The van der Waals surface area contributed by atoms with Gasteiger partial charge < -0.3 is 19.7 Å². The smallest absolute Gasteiger partial charge is 0.244 e. The monoisotopic (exact) mass is 392 g/mol. The molecule has 7 nitrogen and oxygen atoms in total. The van der Waals surface area contributed by atoms with Crippen LogP contribution in [0.1, 0.15) is 11.1 Å². The van der Waals surface area contributed by atoms with Gasteiger partial charge in [0.1, 0.15) is 11.5 Å². The minimum absolute atomic E-state index is 0.0866. The maximum absolute atomic E-state index is 11.9. The number of hydrazone groups is 1. The van der Waals surface area contributed by atoms with Crippen LogP contribution in [0.5, 0.6) is 23.0 Å². The van der Waals surface area contributed by atoms with E-state index in [0.29, 0.717) is 21.5 Å². The summed E-state index contributed by atoms with van der Waals surface area (Å²) in [6.45, 7) is 0.182. The third kappa shape index (κ3) is 3.60. The van der Waals surface area contributed by atoms with Crippen molar-refractivity contribution in [3.63, 3.8) is 0 Å². The first kappa shape index (κ1) is 16.1. The molecule has 8 heteroatoms. The fraction of sp³-hybridized carbons (Fsp3) is 0.125. The summed E-state index contributed by atoms with van der Waals surface area (Å²) in [4.78, 5) is 11.9. The van der Waals surface area contributed by atoms with Crippen LogP contribution in [0.3, 0.4) is 0 Å². The second kappa shape index (κ2) is 6.79. The number of phenolic OH excluding ortho intramolecular Hbond substituents is 2. The Balaban J connectivity index is 1.60. The Morgan fingerprint density at radius 2 is 2.00 bits per heavy atom. The van der Waals surface area contributed by atoms with Crippen molar-refractivity contribution in [2.24, 2.45) is 5.10 Å². The molecule has 0 aromatic heterocycles. The van der Waals surface area contributed by atoms with Crippen molar-refractivity contribution in [2.45, 2.75) is 6.42 Å². The van der Waals surface area contributed by atoms with Gasteiger partial charge >= 0.3 is 0 Å². The topological polar surface area (TPSA) is 100 Å². The number of hydrogen-bond acceptors (Lipinski definition) is 6. The summed E-state index contributed by atoms with van der Waals surface area (Å²) in [7, 11) is 0. The van der Waals surface area contributed by atoms with E-state index < -0.39 is 0 Å². The molecule has 0 aliphatic carbocycles. The summed E-state index contributed by atoms with van der Waals surface area (Å²) in [6, 6.07) is 7.94. The highest BCUT2D eigenvalue weighted by Gasteiger charge is 2.14. The van der Waals surface area contributed by atoms with Crippen molar-refractivity contribution in [1.82, 2.24) is 5.43 Å². The SMILES string of the molecule is O=C(Cc1ccc2c(c1)OCO2)N/N=C/c1cc(Br)c(O)cc1O. The largest absolute Gasteiger partial charge is 0.507 e. The van der Waals surface area contributed by atoms with Gasteiger partial charge in [0.2, 0.25) is 12.7 Å². The molecule has 1 heterocycles. The van der Waals surface area contributed by atoms with Crippen molar-refractivity contribution >= 4 is 28.1 Å². The predicted molar refractivity (Wildman–Crippen MR) is 89.5 cm³/mol. The molecule has 0 saturated heterocycles. The van der Waals surface area contributed by atoms with Crippen molar-refractivity contribution in [3.8, 4) is 23.0 Å². The average Bonchev–Trinajstić information content (AvgIpc) is 3.00. The fourth-order valence-electron chi connectivity index (χ4n) is 2.12. The predicted octanol–water partition coefficient (Wildman–Crippen LogP) is 2.28. The molecule has 3 rings (SSSR count). The standard InChI is InChI=1S/C16H13BrN2O5/c17-11-5-10(12(20)6-13(11)21)7-18-19-16(22)4-9-1-2-14-15(3-9)24-8-23-14/h1-3,5-7,20-21H,4,8H2,(H,19,22)/b18-7+. The maximum Gasteiger partial charge on any atom is 0.244 e. The first-order valence-electron chi connectivity index (χ1n) is 6.95. The number of halogens is 1. The van der Waals surface area contributed by atoms with Crippen molar-refractivity contribution in [2.75, 3.05) is 6.79 Å². The highest BCUT2D eigenvalue weighted by Crippen LogP contribution is 2.32. The number of nitrogens with one attached hydrogen (secondary N) is 1. The highest BCUT2D eigenvalue weighted by atomic mass is 79.9. The van der Waals surface area contributed by atoms with Crippen LogP contribution in [0.4, 0.5) is 0 Å². The quantitative estimate of drug-likeness (QED) is 0.547. The Bertz CT molecular complexity index is 822. The number of carbonyl (C=O) groups is 1. The second-order valence-electron chi connectivity index (χ2n) is 5.02. The van der Waals surface area contributed by atoms with E-state index >= 15 is 0 Å². The van der Waals surface area contributed by atoms with Gasteiger partial charge in [0.25, 0.3) is 0 Å². The Kier molecular flexibility index (Phi) is 4.57. The molecule has 3 N–H and O–H groups in total. The van der Waals surface area contributed by atoms with Crippen LogP contribution in [0.15, 0.2) is 39.9 Å². The lowest BCUT2D eigenvalue weighted by Crippen LogP contribution is -2.19. The van der Waals surface area contributed by atoms with E-state index in [2.05, 4.69) is 26.5 Å². The summed E-state index contributed by atoms with van der Waals surface area (Å²) in [5.41, 5.74) is 3.49. The van der Waals surface area contributed by atoms with E-state index in [4.69, 9.17) is 9.47 Å². The lowest BCUT2D eigenvalue weighted by molar-refractivity contribution is -0.120. The molecule has 2 aromatic carbocycles. The van der Waals surface area contributed by atoms with Gasteiger partial charge in [0, 0.05) is 11.6 Å². The molecule has 0 fully saturated rings. The highest BCUT2D eigenvalue weighted by molar-refractivity contribution is 9.10. The number of benzene rings is 2. The Morgan fingerprint density at radius 3 is 2.83 bits per heavy atom. The molecule has 124 valence electrons. The molecular formula is C16H13BrN2O5. The number of phenols is 2. The van der Waals surface area contributed by atoms with Gasteiger partial charge in [-0.25, -0.2) is 5.43 Å². The lowest BCUT2D eigenvalue weighted by atomic mass is 10.1. The summed E-state index contributed by atoms with van der Waals surface area (Å²) >= 11 is 3.14.